The minimum Gasteiger partial charge on any atom is -0.392 e. The van der Waals surface area contributed by atoms with E-state index < -0.39 is 0 Å². The largest absolute Gasteiger partial charge is 0.392 e. The van der Waals surface area contributed by atoms with Crippen LogP contribution in [0.5, 0.6) is 0 Å². The lowest BCUT2D eigenvalue weighted by molar-refractivity contribution is 0.102. The Morgan fingerprint density at radius 3 is 2.69 bits per heavy atom. The zero-order valence-corrected chi connectivity index (χ0v) is 8.34. The number of benzene rings is 1. The number of amides is 1. The second kappa shape index (κ2) is 4.54. The minimum absolute atomic E-state index is 0.0164. The second-order valence-corrected chi connectivity index (χ2v) is 3.16. The van der Waals surface area contributed by atoms with Gasteiger partial charge in [-0.05, 0) is 17.7 Å². The van der Waals surface area contributed by atoms with Gasteiger partial charge in [-0.3, -0.25) is 4.79 Å². The van der Waals surface area contributed by atoms with E-state index in [1.807, 2.05) is 0 Å². The van der Waals surface area contributed by atoms with E-state index in [-0.39, 0.29) is 18.2 Å². The number of anilines is 1. The molecular formula is C10H10N4O2. The Bertz CT molecular complexity index is 464. The smallest absolute Gasteiger partial charge is 0.277 e. The first-order valence-corrected chi connectivity index (χ1v) is 4.66. The fourth-order valence-electron chi connectivity index (χ4n) is 1.20. The van der Waals surface area contributed by atoms with Crippen molar-refractivity contribution in [3.63, 3.8) is 0 Å². The molecule has 0 unspecified atom stereocenters. The van der Waals surface area contributed by atoms with Crippen molar-refractivity contribution in [2.45, 2.75) is 6.61 Å². The number of carbonyl (C=O) groups is 1. The normalized spacial score (nSPS) is 10.1. The highest BCUT2D eigenvalue weighted by Gasteiger charge is 2.08. The molecular weight excluding hydrogens is 208 g/mol. The van der Waals surface area contributed by atoms with Gasteiger partial charge in [0.15, 0.2) is 5.69 Å². The van der Waals surface area contributed by atoms with Gasteiger partial charge in [0.05, 0.1) is 12.8 Å². The van der Waals surface area contributed by atoms with Crippen molar-refractivity contribution in [1.29, 1.82) is 0 Å². The summed E-state index contributed by atoms with van der Waals surface area (Å²) in [4.78, 5) is 11.5. The zero-order chi connectivity index (χ0) is 11.4. The van der Waals surface area contributed by atoms with E-state index in [1.165, 1.54) is 6.20 Å². The molecule has 0 bridgehead atoms. The molecule has 0 fully saturated rings. The summed E-state index contributed by atoms with van der Waals surface area (Å²) in [6.07, 6.45) is 1.34. The lowest BCUT2D eigenvalue weighted by atomic mass is 10.2. The highest BCUT2D eigenvalue weighted by Crippen LogP contribution is 2.10. The van der Waals surface area contributed by atoms with Gasteiger partial charge in [0.25, 0.3) is 5.91 Å². The topological polar surface area (TPSA) is 90.9 Å². The van der Waals surface area contributed by atoms with Crippen LogP contribution in [0.3, 0.4) is 0 Å². The molecule has 0 spiro atoms. The number of nitrogens with one attached hydrogen (secondary N) is 2. The van der Waals surface area contributed by atoms with Crippen LogP contribution in [-0.2, 0) is 6.61 Å². The van der Waals surface area contributed by atoms with Gasteiger partial charge in [-0.25, -0.2) is 0 Å². The predicted molar refractivity (Wildman–Crippen MR) is 56.7 cm³/mol. The third-order valence-electron chi connectivity index (χ3n) is 2.04. The van der Waals surface area contributed by atoms with Crippen LogP contribution in [0, 0.1) is 0 Å². The van der Waals surface area contributed by atoms with E-state index in [0.29, 0.717) is 5.69 Å². The molecule has 1 aromatic heterocycles. The number of aromatic amines is 1. The van der Waals surface area contributed by atoms with Gasteiger partial charge >= 0.3 is 0 Å². The van der Waals surface area contributed by atoms with E-state index >= 15 is 0 Å². The van der Waals surface area contributed by atoms with Gasteiger partial charge < -0.3 is 10.4 Å². The van der Waals surface area contributed by atoms with E-state index in [4.69, 9.17) is 5.11 Å². The van der Waals surface area contributed by atoms with Crippen LogP contribution in [0.4, 0.5) is 5.69 Å². The average Bonchev–Trinajstić information content (AvgIpc) is 2.83. The van der Waals surface area contributed by atoms with Crippen LogP contribution >= 0.6 is 0 Å². The summed E-state index contributed by atoms with van der Waals surface area (Å²) < 4.78 is 0. The van der Waals surface area contributed by atoms with E-state index in [2.05, 4.69) is 20.7 Å². The summed E-state index contributed by atoms with van der Waals surface area (Å²) in [7, 11) is 0. The first-order chi connectivity index (χ1) is 7.79. The predicted octanol–water partition coefficient (Wildman–Crippen LogP) is 0.549. The quantitative estimate of drug-likeness (QED) is 0.701. The first kappa shape index (κ1) is 10.3. The summed E-state index contributed by atoms with van der Waals surface area (Å²) in [5, 5.41) is 21.1. The third kappa shape index (κ3) is 2.23. The lowest BCUT2D eigenvalue weighted by Crippen LogP contribution is -2.12. The van der Waals surface area contributed by atoms with E-state index in [9.17, 15) is 4.79 Å². The molecule has 2 aromatic rings. The standard InChI is InChI=1S/C10H10N4O2/c15-6-7-1-3-8(4-2-7)12-10(16)9-5-11-14-13-9/h1-5,15H,6H2,(H,12,16)(H,11,13,14). The Kier molecular flexibility index (Phi) is 2.93. The molecule has 3 N–H and O–H groups in total. The van der Waals surface area contributed by atoms with Crippen molar-refractivity contribution < 1.29 is 9.90 Å². The Morgan fingerprint density at radius 2 is 2.12 bits per heavy atom. The van der Waals surface area contributed by atoms with Crippen molar-refractivity contribution in [2.24, 2.45) is 0 Å². The molecule has 0 aliphatic rings. The number of hydrogen-bond donors (Lipinski definition) is 3. The van der Waals surface area contributed by atoms with Gasteiger partial charge in [-0.2, -0.15) is 15.4 Å². The molecule has 0 saturated carbocycles. The molecule has 1 amide bonds. The molecule has 6 heteroatoms. The zero-order valence-electron chi connectivity index (χ0n) is 8.34. The number of rotatable bonds is 3. The molecule has 0 aliphatic heterocycles. The fourth-order valence-corrected chi connectivity index (χ4v) is 1.20. The molecule has 1 aromatic carbocycles. The van der Waals surface area contributed by atoms with Crippen molar-refractivity contribution >= 4 is 11.6 Å². The number of carbonyl (C=O) groups excluding carboxylic acids is 1. The molecule has 0 saturated heterocycles. The molecule has 82 valence electrons. The maximum Gasteiger partial charge on any atom is 0.277 e. The number of aliphatic hydroxyl groups is 1. The van der Waals surface area contributed by atoms with Crippen LogP contribution in [0.25, 0.3) is 0 Å². The van der Waals surface area contributed by atoms with Crippen molar-refractivity contribution in [1.82, 2.24) is 15.4 Å². The van der Waals surface area contributed by atoms with Crippen LogP contribution in [0.15, 0.2) is 30.5 Å². The van der Waals surface area contributed by atoms with Gasteiger partial charge in [-0.15, -0.1) is 0 Å². The summed E-state index contributed by atoms with van der Waals surface area (Å²) >= 11 is 0. The lowest BCUT2D eigenvalue weighted by Gasteiger charge is -2.03. The fraction of sp³-hybridized carbons (Fsp3) is 0.100. The number of hydrogen-bond acceptors (Lipinski definition) is 4. The number of aromatic nitrogens is 3. The average molecular weight is 218 g/mol. The van der Waals surface area contributed by atoms with E-state index in [1.54, 1.807) is 24.3 Å². The summed E-state index contributed by atoms with van der Waals surface area (Å²) in [6.45, 7) is -0.0164. The SMILES string of the molecule is O=C(Nc1ccc(CO)cc1)c1cn[nH]n1. The van der Waals surface area contributed by atoms with Crippen molar-refractivity contribution in [2.75, 3.05) is 5.32 Å². The Morgan fingerprint density at radius 1 is 1.38 bits per heavy atom. The van der Waals surface area contributed by atoms with Crippen molar-refractivity contribution in [3.05, 3.63) is 41.7 Å². The Labute approximate surface area is 91.3 Å². The maximum absolute atomic E-state index is 11.5. The minimum atomic E-state index is -0.328. The van der Waals surface area contributed by atoms with Crippen LogP contribution in [-0.4, -0.2) is 26.4 Å². The van der Waals surface area contributed by atoms with Crippen LogP contribution in [0.2, 0.25) is 0 Å². The highest BCUT2D eigenvalue weighted by molar-refractivity contribution is 6.02. The van der Waals surface area contributed by atoms with Gasteiger partial charge in [0, 0.05) is 5.69 Å². The van der Waals surface area contributed by atoms with Gasteiger partial charge in [-0.1, -0.05) is 12.1 Å². The summed E-state index contributed by atoms with van der Waals surface area (Å²) in [5.74, 6) is -0.328. The van der Waals surface area contributed by atoms with Crippen molar-refractivity contribution in [3.8, 4) is 0 Å². The summed E-state index contributed by atoms with van der Waals surface area (Å²) in [5.41, 5.74) is 1.66. The molecule has 0 aliphatic carbocycles. The van der Waals surface area contributed by atoms with Gasteiger partial charge in [0.1, 0.15) is 0 Å². The summed E-state index contributed by atoms with van der Waals surface area (Å²) in [6, 6.07) is 6.89. The Hall–Kier alpha value is -2.21. The molecule has 16 heavy (non-hydrogen) atoms. The van der Waals surface area contributed by atoms with E-state index in [0.717, 1.165) is 5.56 Å². The third-order valence-corrected chi connectivity index (χ3v) is 2.04. The van der Waals surface area contributed by atoms with Crippen LogP contribution < -0.4 is 5.32 Å². The monoisotopic (exact) mass is 218 g/mol. The maximum atomic E-state index is 11.5. The first-order valence-electron chi connectivity index (χ1n) is 4.66. The molecule has 1 heterocycles. The number of aliphatic hydroxyl groups excluding tert-OH is 1. The number of nitrogens with zero attached hydrogens (tertiary/aromatic N) is 2. The second-order valence-electron chi connectivity index (χ2n) is 3.16. The molecule has 6 nitrogen and oxygen atoms in total. The van der Waals surface area contributed by atoms with Gasteiger partial charge in [0.2, 0.25) is 0 Å². The Balaban J connectivity index is 2.06. The number of H-pyrrole nitrogens is 1. The molecule has 0 atom stereocenters. The molecule has 0 radical (unpaired) electrons. The van der Waals surface area contributed by atoms with Crippen LogP contribution in [0.1, 0.15) is 16.1 Å². The molecule has 2 rings (SSSR count). The highest BCUT2D eigenvalue weighted by atomic mass is 16.3.